The Hall–Kier alpha value is -1.31. The van der Waals surface area contributed by atoms with Gasteiger partial charge in [0.15, 0.2) is 0 Å². The largest absolute Gasteiger partial charge is 0.368 e. The number of fused-ring (bicyclic) bond motifs is 1. The number of hydrogen-bond acceptors (Lipinski definition) is 2. The van der Waals surface area contributed by atoms with E-state index in [-0.39, 0.29) is 0 Å². The molecule has 0 saturated carbocycles. The molecule has 15 heavy (non-hydrogen) atoms. The number of hydrogen-bond donors (Lipinski definition) is 0. The summed E-state index contributed by atoms with van der Waals surface area (Å²) in [5.74, 6) is 0.572. The lowest BCUT2D eigenvalue weighted by Gasteiger charge is -2.24. The van der Waals surface area contributed by atoms with Crippen LogP contribution in [-0.4, -0.2) is 18.9 Å². The Bertz CT molecular complexity index is 384. The summed E-state index contributed by atoms with van der Waals surface area (Å²) in [5, 5.41) is 0. The maximum atomic E-state index is 10.7. The van der Waals surface area contributed by atoms with Gasteiger partial charge in [-0.25, -0.2) is 0 Å². The van der Waals surface area contributed by atoms with Crippen LogP contribution in [0, 0.1) is 0 Å². The maximum Gasteiger partial charge on any atom is 0.150 e. The van der Waals surface area contributed by atoms with E-state index in [1.807, 2.05) is 12.1 Å². The summed E-state index contributed by atoms with van der Waals surface area (Å²) in [4.78, 5) is 13.1. The standard InChI is InChI=1S/C13H17NO/c1-9(2)14-7-10(3)12-5-4-11(8-15)6-13(12)14/h4-6,8-10H,7H2,1-3H3. The molecule has 1 aliphatic heterocycles. The number of carbonyl (C=O) groups excluding carboxylic acids is 1. The molecular formula is C13H17NO. The lowest BCUT2D eigenvalue weighted by Crippen LogP contribution is -2.29. The van der Waals surface area contributed by atoms with E-state index in [9.17, 15) is 4.79 Å². The van der Waals surface area contributed by atoms with E-state index in [0.29, 0.717) is 12.0 Å². The molecule has 0 spiro atoms. The number of aldehydes is 1. The third kappa shape index (κ3) is 1.65. The van der Waals surface area contributed by atoms with Crippen LogP contribution in [0.4, 0.5) is 5.69 Å². The molecule has 0 N–H and O–H groups in total. The van der Waals surface area contributed by atoms with E-state index in [1.54, 1.807) is 0 Å². The molecule has 0 amide bonds. The number of nitrogens with zero attached hydrogens (tertiary/aromatic N) is 1. The van der Waals surface area contributed by atoms with Gasteiger partial charge in [0.05, 0.1) is 0 Å². The highest BCUT2D eigenvalue weighted by molar-refractivity contribution is 5.79. The van der Waals surface area contributed by atoms with Gasteiger partial charge in [-0.3, -0.25) is 4.79 Å². The van der Waals surface area contributed by atoms with Crippen LogP contribution >= 0.6 is 0 Å². The van der Waals surface area contributed by atoms with E-state index in [4.69, 9.17) is 0 Å². The van der Waals surface area contributed by atoms with Crippen molar-refractivity contribution in [1.29, 1.82) is 0 Å². The van der Waals surface area contributed by atoms with Gasteiger partial charge < -0.3 is 4.90 Å². The first-order valence-corrected chi connectivity index (χ1v) is 5.49. The zero-order valence-electron chi connectivity index (χ0n) is 9.53. The molecule has 0 fully saturated rings. The Morgan fingerprint density at radius 2 is 2.20 bits per heavy atom. The minimum Gasteiger partial charge on any atom is -0.368 e. The SMILES string of the molecule is CC1CN(C(C)C)c2cc(C=O)ccc21. The zero-order chi connectivity index (χ0) is 11.0. The average molecular weight is 203 g/mol. The Morgan fingerprint density at radius 3 is 2.80 bits per heavy atom. The van der Waals surface area contributed by atoms with Gasteiger partial charge in [0, 0.05) is 29.8 Å². The second kappa shape index (κ2) is 3.69. The first-order chi connectivity index (χ1) is 7.13. The monoisotopic (exact) mass is 203 g/mol. The van der Waals surface area contributed by atoms with Crippen molar-refractivity contribution in [3.8, 4) is 0 Å². The van der Waals surface area contributed by atoms with Gasteiger partial charge in [0.25, 0.3) is 0 Å². The number of benzene rings is 1. The second-order valence-corrected chi connectivity index (χ2v) is 4.58. The molecule has 1 aliphatic rings. The summed E-state index contributed by atoms with van der Waals surface area (Å²) in [6.07, 6.45) is 0.918. The summed E-state index contributed by atoms with van der Waals surface area (Å²) in [6.45, 7) is 7.68. The Morgan fingerprint density at radius 1 is 1.47 bits per heavy atom. The van der Waals surface area contributed by atoms with Crippen LogP contribution in [0.5, 0.6) is 0 Å². The van der Waals surface area contributed by atoms with Crippen LogP contribution < -0.4 is 4.90 Å². The van der Waals surface area contributed by atoms with E-state index < -0.39 is 0 Å². The van der Waals surface area contributed by atoms with Gasteiger partial charge in [-0.15, -0.1) is 0 Å². The molecule has 0 aliphatic carbocycles. The van der Waals surface area contributed by atoms with Crippen LogP contribution in [0.25, 0.3) is 0 Å². The van der Waals surface area contributed by atoms with Crippen LogP contribution in [0.3, 0.4) is 0 Å². The fraction of sp³-hybridized carbons (Fsp3) is 0.462. The number of anilines is 1. The molecule has 2 rings (SSSR count). The van der Waals surface area contributed by atoms with Crippen LogP contribution in [0.2, 0.25) is 0 Å². The lowest BCUT2D eigenvalue weighted by atomic mass is 10.0. The molecular weight excluding hydrogens is 186 g/mol. The van der Waals surface area contributed by atoms with Gasteiger partial charge in [0.1, 0.15) is 6.29 Å². The predicted molar refractivity (Wildman–Crippen MR) is 62.7 cm³/mol. The smallest absolute Gasteiger partial charge is 0.150 e. The molecule has 0 bridgehead atoms. The van der Waals surface area contributed by atoms with Crippen molar-refractivity contribution in [2.45, 2.75) is 32.7 Å². The minimum absolute atomic E-state index is 0.496. The molecule has 0 aromatic heterocycles. The van der Waals surface area contributed by atoms with Crippen molar-refractivity contribution < 1.29 is 4.79 Å². The third-order valence-electron chi connectivity index (χ3n) is 3.12. The highest BCUT2D eigenvalue weighted by atomic mass is 16.1. The Kier molecular flexibility index (Phi) is 2.51. The van der Waals surface area contributed by atoms with Crippen molar-refractivity contribution in [1.82, 2.24) is 0 Å². The molecule has 1 heterocycles. The van der Waals surface area contributed by atoms with Crippen LogP contribution in [-0.2, 0) is 0 Å². The first kappa shape index (κ1) is 10.2. The van der Waals surface area contributed by atoms with E-state index >= 15 is 0 Å². The van der Waals surface area contributed by atoms with Crippen molar-refractivity contribution in [3.05, 3.63) is 29.3 Å². The van der Waals surface area contributed by atoms with E-state index in [2.05, 4.69) is 31.7 Å². The summed E-state index contributed by atoms with van der Waals surface area (Å²) in [6, 6.07) is 6.50. The minimum atomic E-state index is 0.496. The Balaban J connectivity index is 2.47. The van der Waals surface area contributed by atoms with Crippen molar-refractivity contribution in [2.24, 2.45) is 0 Å². The summed E-state index contributed by atoms with van der Waals surface area (Å²) < 4.78 is 0. The fourth-order valence-corrected chi connectivity index (χ4v) is 2.28. The van der Waals surface area contributed by atoms with Crippen LogP contribution in [0.15, 0.2) is 18.2 Å². The number of carbonyl (C=O) groups is 1. The summed E-state index contributed by atoms with van der Waals surface area (Å²) in [5.41, 5.74) is 3.38. The molecule has 0 radical (unpaired) electrons. The quantitative estimate of drug-likeness (QED) is 0.689. The van der Waals surface area contributed by atoms with Gasteiger partial charge >= 0.3 is 0 Å². The zero-order valence-corrected chi connectivity index (χ0v) is 9.53. The average Bonchev–Trinajstić information content (AvgIpc) is 2.56. The normalized spacial score (nSPS) is 19.5. The molecule has 2 nitrogen and oxygen atoms in total. The van der Waals surface area contributed by atoms with Crippen molar-refractivity contribution >= 4 is 12.0 Å². The predicted octanol–water partition coefficient (Wildman–Crippen LogP) is 2.83. The molecule has 2 heteroatoms. The van der Waals surface area contributed by atoms with Gasteiger partial charge in [0.2, 0.25) is 0 Å². The Labute approximate surface area is 90.9 Å². The molecule has 1 unspecified atom stereocenters. The lowest BCUT2D eigenvalue weighted by molar-refractivity contribution is 0.112. The third-order valence-corrected chi connectivity index (χ3v) is 3.12. The topological polar surface area (TPSA) is 20.3 Å². The highest BCUT2D eigenvalue weighted by Crippen LogP contribution is 2.37. The molecule has 80 valence electrons. The van der Waals surface area contributed by atoms with Crippen molar-refractivity contribution in [2.75, 3.05) is 11.4 Å². The van der Waals surface area contributed by atoms with Gasteiger partial charge in [-0.05, 0) is 25.5 Å². The molecule has 1 aromatic carbocycles. The molecule has 0 saturated heterocycles. The first-order valence-electron chi connectivity index (χ1n) is 5.49. The van der Waals surface area contributed by atoms with E-state index in [1.165, 1.54) is 11.3 Å². The summed E-state index contributed by atoms with van der Waals surface area (Å²) >= 11 is 0. The van der Waals surface area contributed by atoms with Gasteiger partial charge in [-0.2, -0.15) is 0 Å². The highest BCUT2D eigenvalue weighted by Gasteiger charge is 2.26. The van der Waals surface area contributed by atoms with Crippen molar-refractivity contribution in [3.63, 3.8) is 0 Å². The molecule has 1 atom stereocenters. The second-order valence-electron chi connectivity index (χ2n) is 4.58. The maximum absolute atomic E-state index is 10.7. The molecule has 1 aromatic rings. The number of rotatable bonds is 2. The van der Waals surface area contributed by atoms with Crippen LogP contribution in [0.1, 0.15) is 42.6 Å². The van der Waals surface area contributed by atoms with E-state index in [0.717, 1.165) is 18.4 Å². The fourth-order valence-electron chi connectivity index (χ4n) is 2.28. The summed E-state index contributed by atoms with van der Waals surface area (Å²) in [7, 11) is 0. The van der Waals surface area contributed by atoms with Gasteiger partial charge in [-0.1, -0.05) is 19.1 Å².